The highest BCUT2D eigenvalue weighted by atomic mass is 32.1. The molecule has 6 heteroatoms. The van der Waals surface area contributed by atoms with Gasteiger partial charge in [-0.25, -0.2) is 19.9 Å². The molecule has 0 fully saturated rings. The van der Waals surface area contributed by atoms with E-state index in [0.29, 0.717) is 17.5 Å². The quantitative estimate of drug-likeness (QED) is 0.157. The number of nitrogens with zero attached hydrogens (tertiary/aromatic N) is 5. The second kappa shape index (κ2) is 14.7. The molecule has 0 aliphatic rings. The van der Waals surface area contributed by atoms with Crippen LogP contribution in [0.4, 0.5) is 0 Å². The van der Waals surface area contributed by atoms with Gasteiger partial charge in [0, 0.05) is 75.0 Å². The molecule has 9 aromatic carbocycles. The number of thiophene rings is 1. The molecular formula is C58H35N5S. The molecule has 0 unspecified atom stereocenters. The summed E-state index contributed by atoms with van der Waals surface area (Å²) < 4.78 is 4.90. The molecule has 0 aliphatic heterocycles. The zero-order valence-corrected chi connectivity index (χ0v) is 35.2. The van der Waals surface area contributed by atoms with Crippen molar-refractivity contribution in [1.82, 2.24) is 24.5 Å². The van der Waals surface area contributed by atoms with Gasteiger partial charge in [0.15, 0.2) is 17.5 Å². The van der Waals surface area contributed by atoms with Gasteiger partial charge in [-0.1, -0.05) is 152 Å². The summed E-state index contributed by atoms with van der Waals surface area (Å²) in [5.74, 6) is 1.86. The highest BCUT2D eigenvalue weighted by Gasteiger charge is 2.19. The van der Waals surface area contributed by atoms with Crippen LogP contribution in [-0.2, 0) is 0 Å². The first-order chi connectivity index (χ1) is 31.7. The second-order valence-electron chi connectivity index (χ2n) is 16.2. The second-order valence-corrected chi connectivity index (χ2v) is 17.3. The largest absolute Gasteiger partial charge is 0.309 e. The molecule has 0 bridgehead atoms. The highest BCUT2D eigenvalue weighted by Crippen LogP contribution is 2.44. The Bertz CT molecular complexity index is 3950. The standard InChI is InChI=1S/C58H35N5S/c1-4-15-36(16-5-1)55-46-30-32-52-54(45-24-11-13-26-51(45)64-52)53(46)44-29-27-39(35-48(44)59-55)38-19-14-20-40(33-38)57-60-56(37-17-6-2-7-18-37)61-58(62-57)41-28-31-50-47(34-41)43-23-10-12-25-49(43)63(50)42-21-8-3-9-22-42/h1-35H. The molecule has 5 nitrogen and oxygen atoms in total. The average molecular weight is 834 g/mol. The predicted molar refractivity (Wildman–Crippen MR) is 267 cm³/mol. The molecule has 0 saturated heterocycles. The lowest BCUT2D eigenvalue weighted by Gasteiger charge is -2.13. The average Bonchev–Trinajstić information content (AvgIpc) is 3.92. The van der Waals surface area contributed by atoms with Crippen molar-refractivity contribution < 1.29 is 0 Å². The van der Waals surface area contributed by atoms with Gasteiger partial charge >= 0.3 is 0 Å². The van der Waals surface area contributed by atoms with Gasteiger partial charge in [0.25, 0.3) is 0 Å². The van der Waals surface area contributed by atoms with Gasteiger partial charge in [-0.15, -0.1) is 11.3 Å². The van der Waals surface area contributed by atoms with Gasteiger partial charge in [-0.3, -0.25) is 0 Å². The van der Waals surface area contributed by atoms with E-state index >= 15 is 0 Å². The Kier molecular flexibility index (Phi) is 8.32. The third kappa shape index (κ3) is 5.92. The molecule has 13 rings (SSSR count). The minimum Gasteiger partial charge on any atom is -0.309 e. The zero-order chi connectivity index (χ0) is 42.1. The van der Waals surface area contributed by atoms with E-state index < -0.39 is 0 Å². The molecular weight excluding hydrogens is 799 g/mol. The van der Waals surface area contributed by atoms with Gasteiger partial charge in [0.05, 0.1) is 22.2 Å². The van der Waals surface area contributed by atoms with Crippen molar-refractivity contribution in [3.63, 3.8) is 0 Å². The number of hydrogen-bond acceptors (Lipinski definition) is 5. The number of para-hydroxylation sites is 2. The summed E-state index contributed by atoms with van der Waals surface area (Å²) in [6.07, 6.45) is 0. The van der Waals surface area contributed by atoms with Crippen LogP contribution in [0.5, 0.6) is 0 Å². The van der Waals surface area contributed by atoms with E-state index in [2.05, 4.69) is 199 Å². The van der Waals surface area contributed by atoms with E-state index in [0.717, 1.165) is 77.5 Å². The maximum Gasteiger partial charge on any atom is 0.164 e. The fourth-order valence-electron chi connectivity index (χ4n) is 9.46. The normalized spacial score (nSPS) is 11.8. The Morgan fingerprint density at radius 1 is 0.312 bits per heavy atom. The monoisotopic (exact) mass is 833 g/mol. The van der Waals surface area contributed by atoms with Crippen LogP contribution in [-0.4, -0.2) is 24.5 Å². The van der Waals surface area contributed by atoms with E-state index in [1.807, 2.05) is 29.5 Å². The summed E-state index contributed by atoms with van der Waals surface area (Å²) in [5.41, 5.74) is 11.3. The topological polar surface area (TPSA) is 56.5 Å². The van der Waals surface area contributed by atoms with Crippen LogP contribution < -0.4 is 0 Å². The van der Waals surface area contributed by atoms with E-state index in [4.69, 9.17) is 19.9 Å². The van der Waals surface area contributed by atoms with Crippen LogP contribution >= 0.6 is 11.3 Å². The Balaban J connectivity index is 0.971. The van der Waals surface area contributed by atoms with Crippen LogP contribution in [0, 0.1) is 0 Å². The van der Waals surface area contributed by atoms with Crippen LogP contribution in [0.3, 0.4) is 0 Å². The Labute approximate surface area is 372 Å². The van der Waals surface area contributed by atoms with Crippen molar-refractivity contribution in [2.45, 2.75) is 0 Å². The van der Waals surface area contributed by atoms with E-state index in [-0.39, 0.29) is 0 Å². The van der Waals surface area contributed by atoms with Gasteiger partial charge in [0.1, 0.15) is 0 Å². The van der Waals surface area contributed by atoms with Gasteiger partial charge in [-0.05, 0) is 71.8 Å². The lowest BCUT2D eigenvalue weighted by molar-refractivity contribution is 1.07. The van der Waals surface area contributed by atoms with Crippen LogP contribution in [0.15, 0.2) is 212 Å². The first-order valence-corrected chi connectivity index (χ1v) is 22.3. The van der Waals surface area contributed by atoms with Crippen LogP contribution in [0.2, 0.25) is 0 Å². The smallest absolute Gasteiger partial charge is 0.164 e. The minimum atomic E-state index is 0.612. The van der Waals surface area contributed by atoms with E-state index in [1.54, 1.807) is 0 Å². The lowest BCUT2D eigenvalue weighted by Crippen LogP contribution is -2.00. The van der Waals surface area contributed by atoms with Gasteiger partial charge in [0.2, 0.25) is 0 Å². The maximum atomic E-state index is 5.43. The summed E-state index contributed by atoms with van der Waals surface area (Å²) in [7, 11) is 0. The zero-order valence-electron chi connectivity index (χ0n) is 34.4. The first kappa shape index (κ1) is 36.3. The van der Waals surface area contributed by atoms with Crippen LogP contribution in [0.25, 0.3) is 126 Å². The molecule has 0 amide bonds. The van der Waals surface area contributed by atoms with Gasteiger partial charge < -0.3 is 4.57 Å². The predicted octanol–water partition coefficient (Wildman–Crippen LogP) is 15.4. The molecule has 13 aromatic rings. The number of fused-ring (bicyclic) bond motifs is 10. The number of aromatic nitrogens is 5. The molecule has 0 spiro atoms. The van der Waals surface area contributed by atoms with Crippen molar-refractivity contribution >= 4 is 75.0 Å². The Hall–Kier alpha value is -8.32. The van der Waals surface area contributed by atoms with E-state index in [9.17, 15) is 0 Å². The Morgan fingerprint density at radius 2 is 0.891 bits per heavy atom. The lowest BCUT2D eigenvalue weighted by atomic mass is 9.94. The highest BCUT2D eigenvalue weighted by molar-refractivity contribution is 7.26. The first-order valence-electron chi connectivity index (χ1n) is 21.5. The van der Waals surface area contributed by atoms with Gasteiger partial charge in [-0.2, -0.15) is 0 Å². The number of hydrogen-bond donors (Lipinski definition) is 0. The maximum absolute atomic E-state index is 5.43. The molecule has 64 heavy (non-hydrogen) atoms. The molecule has 0 radical (unpaired) electrons. The molecule has 0 saturated carbocycles. The Morgan fingerprint density at radius 3 is 1.69 bits per heavy atom. The number of rotatable bonds is 6. The number of pyridine rings is 1. The summed E-state index contributed by atoms with van der Waals surface area (Å²) in [5, 5.41) is 8.43. The van der Waals surface area contributed by atoms with E-state index in [1.165, 1.54) is 30.9 Å². The van der Waals surface area contributed by atoms with Crippen molar-refractivity contribution in [2.75, 3.05) is 0 Å². The minimum absolute atomic E-state index is 0.612. The van der Waals surface area contributed by atoms with Crippen molar-refractivity contribution in [2.24, 2.45) is 0 Å². The molecule has 0 aliphatic carbocycles. The summed E-state index contributed by atoms with van der Waals surface area (Å²) in [6, 6.07) is 74.9. The fraction of sp³-hybridized carbons (Fsp3) is 0. The molecule has 4 heterocycles. The molecule has 4 aromatic heterocycles. The SMILES string of the molecule is c1ccc(-c2nc(-c3cccc(-c4ccc5c(c4)nc(-c4ccccc4)c4ccc6sc7ccccc7c6c45)c3)nc(-c3ccc4c(c3)c3ccccc3n4-c3ccccc3)n2)cc1. The van der Waals surface area contributed by atoms with Crippen LogP contribution in [0.1, 0.15) is 0 Å². The molecule has 298 valence electrons. The number of benzene rings is 9. The summed E-state index contributed by atoms with van der Waals surface area (Å²) in [4.78, 5) is 20.9. The third-order valence-electron chi connectivity index (χ3n) is 12.4. The van der Waals surface area contributed by atoms with Crippen molar-refractivity contribution in [3.05, 3.63) is 212 Å². The van der Waals surface area contributed by atoms with Crippen molar-refractivity contribution in [3.8, 4) is 62.2 Å². The summed E-state index contributed by atoms with van der Waals surface area (Å²) >= 11 is 1.85. The van der Waals surface area contributed by atoms with Crippen molar-refractivity contribution in [1.29, 1.82) is 0 Å². The fourth-order valence-corrected chi connectivity index (χ4v) is 10.6. The summed E-state index contributed by atoms with van der Waals surface area (Å²) in [6.45, 7) is 0. The molecule has 0 atom stereocenters. The molecule has 0 N–H and O–H groups in total. The third-order valence-corrected chi connectivity index (χ3v) is 13.5.